The van der Waals surface area contributed by atoms with Gasteiger partial charge in [-0.05, 0) is 112 Å². The Hall–Kier alpha value is -2.26. The molecule has 4 heterocycles. The van der Waals surface area contributed by atoms with Crippen molar-refractivity contribution < 1.29 is 27.8 Å². The number of carbonyl (C=O) groups excluding carboxylic acids is 1. The maximum absolute atomic E-state index is 13.5. The number of amides is 1. The number of nitrogens with zero attached hydrogens (tertiary/aromatic N) is 1. The predicted octanol–water partition coefficient (Wildman–Crippen LogP) is 6.45. The number of hydrogen-bond donors (Lipinski definition) is 1. The third-order valence-electron chi connectivity index (χ3n) is 7.90. The van der Waals surface area contributed by atoms with Gasteiger partial charge in [0.25, 0.3) is 0 Å². The van der Waals surface area contributed by atoms with E-state index >= 15 is 0 Å². The summed E-state index contributed by atoms with van der Waals surface area (Å²) in [6, 6.07) is 10.3. The minimum absolute atomic E-state index is 0. The molecule has 4 aliphatic heterocycles. The molecule has 4 atom stereocenters. The van der Waals surface area contributed by atoms with Crippen LogP contribution in [0.5, 0.6) is 0 Å². The van der Waals surface area contributed by atoms with Crippen LogP contribution in [0.25, 0.3) is 0 Å². The van der Waals surface area contributed by atoms with Crippen LogP contribution in [-0.2, 0) is 27.1 Å². The molecule has 0 aromatic heterocycles. The molecule has 0 bridgehead atoms. The van der Waals surface area contributed by atoms with E-state index in [4.69, 9.17) is 14.2 Å². The van der Waals surface area contributed by atoms with Crippen molar-refractivity contribution in [3.8, 4) is 0 Å². The SMILES string of the molecule is CC(C)(C)OC(=O)N1CCC[C@H]1C1OCCc2cc(F)ccc21.Cl.Fc1ccc2c(c1)CCOC2[C@@H]1CCCN1. The van der Waals surface area contributed by atoms with Gasteiger partial charge in [0.2, 0.25) is 0 Å². The number of likely N-dealkylation sites (tertiary alicyclic amines) is 1. The molecule has 0 radical (unpaired) electrons. The van der Waals surface area contributed by atoms with Gasteiger partial charge in [-0.3, -0.25) is 0 Å². The third kappa shape index (κ3) is 7.14. The predicted molar refractivity (Wildman–Crippen MR) is 152 cm³/mol. The molecule has 40 heavy (non-hydrogen) atoms. The lowest BCUT2D eigenvalue weighted by Gasteiger charge is -2.36. The highest BCUT2D eigenvalue weighted by Gasteiger charge is 2.40. The van der Waals surface area contributed by atoms with E-state index in [9.17, 15) is 13.6 Å². The first-order chi connectivity index (χ1) is 18.7. The van der Waals surface area contributed by atoms with Gasteiger partial charge in [-0.25, -0.2) is 13.6 Å². The van der Waals surface area contributed by atoms with Gasteiger partial charge in [0, 0.05) is 12.6 Å². The number of fused-ring (bicyclic) bond motifs is 2. The van der Waals surface area contributed by atoms with Crippen LogP contribution in [-0.4, -0.2) is 55.0 Å². The van der Waals surface area contributed by atoms with Gasteiger partial charge in [-0.15, -0.1) is 12.4 Å². The summed E-state index contributed by atoms with van der Waals surface area (Å²) in [6.45, 7) is 8.61. The molecule has 0 aliphatic carbocycles. The van der Waals surface area contributed by atoms with Crippen molar-refractivity contribution in [1.82, 2.24) is 10.2 Å². The minimum Gasteiger partial charge on any atom is -0.444 e. The zero-order valence-corrected chi connectivity index (χ0v) is 24.4. The molecule has 6 nitrogen and oxygen atoms in total. The summed E-state index contributed by atoms with van der Waals surface area (Å²) in [5.41, 5.74) is 3.76. The van der Waals surface area contributed by atoms with E-state index in [1.54, 1.807) is 23.1 Å². The third-order valence-corrected chi connectivity index (χ3v) is 7.90. The van der Waals surface area contributed by atoms with Crippen LogP contribution in [0.1, 0.15) is 80.9 Å². The van der Waals surface area contributed by atoms with Crippen LogP contribution < -0.4 is 5.32 Å². The zero-order chi connectivity index (χ0) is 27.6. The first-order valence-electron chi connectivity index (χ1n) is 14.2. The van der Waals surface area contributed by atoms with Crippen molar-refractivity contribution in [3.05, 3.63) is 70.3 Å². The van der Waals surface area contributed by atoms with Crippen molar-refractivity contribution in [2.45, 2.75) is 89.2 Å². The maximum atomic E-state index is 13.5. The van der Waals surface area contributed by atoms with Crippen LogP contribution in [0.3, 0.4) is 0 Å². The number of rotatable bonds is 2. The van der Waals surface area contributed by atoms with E-state index in [-0.39, 0.29) is 48.4 Å². The number of ether oxygens (including phenoxy) is 3. The number of hydrogen-bond acceptors (Lipinski definition) is 5. The highest BCUT2D eigenvalue weighted by atomic mass is 35.5. The van der Waals surface area contributed by atoms with Gasteiger partial charge in [0.15, 0.2) is 0 Å². The van der Waals surface area contributed by atoms with Crippen LogP contribution >= 0.6 is 12.4 Å². The fraction of sp³-hybridized carbons (Fsp3) is 0.581. The normalized spacial score (nSPS) is 25.7. The van der Waals surface area contributed by atoms with Crippen molar-refractivity contribution in [2.75, 3.05) is 26.3 Å². The van der Waals surface area contributed by atoms with E-state index in [0.717, 1.165) is 48.9 Å². The lowest BCUT2D eigenvalue weighted by Crippen LogP contribution is -2.43. The van der Waals surface area contributed by atoms with Crippen molar-refractivity contribution in [2.24, 2.45) is 0 Å². The molecule has 6 rings (SSSR count). The fourth-order valence-electron chi connectivity index (χ4n) is 6.18. The van der Waals surface area contributed by atoms with Gasteiger partial charge < -0.3 is 24.4 Å². The van der Waals surface area contributed by atoms with Crippen LogP contribution in [0.4, 0.5) is 13.6 Å². The molecule has 2 fully saturated rings. The molecule has 2 aromatic rings. The summed E-state index contributed by atoms with van der Waals surface area (Å²) >= 11 is 0. The van der Waals surface area contributed by atoms with Gasteiger partial charge in [0.1, 0.15) is 23.3 Å². The second kappa shape index (κ2) is 13.1. The van der Waals surface area contributed by atoms with Gasteiger partial charge in [-0.1, -0.05) is 12.1 Å². The Bertz CT molecular complexity index is 1170. The topological polar surface area (TPSA) is 60.0 Å². The van der Waals surface area contributed by atoms with E-state index in [1.807, 2.05) is 26.8 Å². The standard InChI is InChI=1S/C18H24FNO3.C13H16FNO.ClH/c1-18(2,3)23-17(21)20-9-4-5-15(20)16-14-7-6-13(19)11-12(14)8-10-22-16;14-10-3-4-11-9(8-10)5-7-16-13(11)12-2-1-6-15-12;/h6-7,11,15-16H,4-5,8-10H2,1-3H3;3-4,8,12-13,15H,1-2,5-7H2;1H/t15-,16?;12-,13?;/m00./s1. The molecule has 1 amide bonds. The number of benzene rings is 2. The molecular weight excluding hydrogens is 538 g/mol. The van der Waals surface area contributed by atoms with Gasteiger partial charge >= 0.3 is 6.09 Å². The summed E-state index contributed by atoms with van der Waals surface area (Å²) in [5, 5.41) is 3.46. The quantitative estimate of drug-likeness (QED) is 0.444. The van der Waals surface area contributed by atoms with Gasteiger partial charge in [-0.2, -0.15) is 0 Å². The van der Waals surface area contributed by atoms with Crippen molar-refractivity contribution >= 4 is 18.5 Å². The first-order valence-corrected chi connectivity index (χ1v) is 14.2. The molecule has 2 unspecified atom stereocenters. The van der Waals surface area contributed by atoms with E-state index < -0.39 is 5.60 Å². The highest BCUT2D eigenvalue weighted by Crippen LogP contribution is 2.37. The summed E-state index contributed by atoms with van der Waals surface area (Å²) in [4.78, 5) is 14.2. The second-order valence-electron chi connectivity index (χ2n) is 11.9. The minimum atomic E-state index is -0.515. The Morgan fingerprint density at radius 3 is 2.10 bits per heavy atom. The van der Waals surface area contributed by atoms with E-state index in [0.29, 0.717) is 32.2 Å². The highest BCUT2D eigenvalue weighted by molar-refractivity contribution is 5.85. The van der Waals surface area contributed by atoms with Crippen molar-refractivity contribution in [3.63, 3.8) is 0 Å². The number of halogens is 3. The second-order valence-corrected chi connectivity index (χ2v) is 11.9. The zero-order valence-electron chi connectivity index (χ0n) is 23.6. The average Bonchev–Trinajstić information content (AvgIpc) is 3.60. The lowest BCUT2D eigenvalue weighted by molar-refractivity contribution is -0.0266. The Morgan fingerprint density at radius 1 is 0.925 bits per heavy atom. The van der Waals surface area contributed by atoms with Crippen molar-refractivity contribution in [1.29, 1.82) is 0 Å². The Labute approximate surface area is 242 Å². The molecule has 220 valence electrons. The molecule has 9 heteroatoms. The molecular formula is C31H41ClF2N2O4. The lowest BCUT2D eigenvalue weighted by atomic mass is 9.92. The molecule has 2 aromatic carbocycles. The smallest absolute Gasteiger partial charge is 0.410 e. The summed E-state index contributed by atoms with van der Waals surface area (Å²) < 4.78 is 43.9. The first kappa shape index (κ1) is 30.7. The van der Waals surface area contributed by atoms with Crippen LogP contribution in [0.15, 0.2) is 36.4 Å². The largest absolute Gasteiger partial charge is 0.444 e. The summed E-state index contributed by atoms with van der Waals surface area (Å²) in [5.74, 6) is -0.362. The Balaban J connectivity index is 0.000000191. The number of nitrogens with one attached hydrogen (secondary N) is 1. The van der Waals surface area contributed by atoms with Gasteiger partial charge in [0.05, 0.1) is 25.4 Å². The molecule has 4 aliphatic rings. The molecule has 0 saturated carbocycles. The molecule has 1 N–H and O–H groups in total. The molecule has 2 saturated heterocycles. The van der Waals surface area contributed by atoms with E-state index in [2.05, 4.69) is 5.32 Å². The van der Waals surface area contributed by atoms with Crippen LogP contribution in [0.2, 0.25) is 0 Å². The van der Waals surface area contributed by atoms with E-state index in [1.165, 1.54) is 24.1 Å². The fourth-order valence-corrected chi connectivity index (χ4v) is 6.18. The maximum Gasteiger partial charge on any atom is 0.410 e. The summed E-state index contributed by atoms with van der Waals surface area (Å²) in [6.07, 6.45) is 5.34. The molecule has 0 spiro atoms. The Kier molecular flexibility index (Phi) is 10.1. The monoisotopic (exact) mass is 578 g/mol. The average molecular weight is 579 g/mol. The summed E-state index contributed by atoms with van der Waals surface area (Å²) in [7, 11) is 0. The van der Waals surface area contributed by atoms with Crippen LogP contribution in [0, 0.1) is 11.6 Å². The Morgan fingerprint density at radius 2 is 1.52 bits per heavy atom. The number of carbonyl (C=O) groups is 1.